The van der Waals surface area contributed by atoms with Crippen molar-refractivity contribution in [2.45, 2.75) is 39.0 Å². The van der Waals surface area contributed by atoms with E-state index in [1.807, 2.05) is 6.08 Å². The Balaban J connectivity index is 3.18. The van der Waals surface area contributed by atoms with Crippen LogP contribution in [-0.2, 0) is 9.53 Å². The van der Waals surface area contributed by atoms with E-state index < -0.39 is 0 Å². The van der Waals surface area contributed by atoms with E-state index in [2.05, 4.69) is 11.7 Å². The molecule has 0 aliphatic heterocycles. The molecule has 12 heavy (non-hydrogen) atoms. The van der Waals surface area contributed by atoms with Crippen molar-refractivity contribution in [2.24, 2.45) is 0 Å². The first-order valence-electron chi connectivity index (χ1n) is 4.55. The average molecular weight is 171 g/mol. The number of hydrogen-bond donors (Lipinski definition) is 0. The number of unbranched alkanes of at least 4 members (excludes halogenated alkanes) is 4. The fraction of sp³-hybridized carbons (Fsp3) is 0.700. The SMILES string of the molecule is CCCCCC/C=C/[13C](=O)OC. The number of methoxy groups -OCH3 is 1. The van der Waals surface area contributed by atoms with E-state index in [4.69, 9.17) is 0 Å². The summed E-state index contributed by atoms with van der Waals surface area (Å²) in [5.74, 6) is -0.259. The highest BCUT2D eigenvalue weighted by molar-refractivity contribution is 5.81. The molecule has 2 heteroatoms. The topological polar surface area (TPSA) is 26.3 Å². The Morgan fingerprint density at radius 1 is 1.33 bits per heavy atom. The quantitative estimate of drug-likeness (QED) is 0.266. The molecule has 0 atom stereocenters. The van der Waals surface area contributed by atoms with Crippen molar-refractivity contribution >= 4 is 5.97 Å². The lowest BCUT2D eigenvalue weighted by atomic mass is 10.1. The standard InChI is InChI=1S/C10H18O2/c1-3-4-5-6-7-8-9-10(11)12-2/h8-9H,3-7H2,1-2H3/b9-8+/i10+1. The minimum Gasteiger partial charge on any atom is -0.466 e. The molecule has 0 aromatic heterocycles. The molecule has 0 N–H and O–H groups in total. The van der Waals surface area contributed by atoms with Crippen molar-refractivity contribution in [3.63, 3.8) is 0 Å². The average Bonchev–Trinajstić information content (AvgIpc) is 2.10. The van der Waals surface area contributed by atoms with E-state index in [9.17, 15) is 4.79 Å². The highest BCUT2D eigenvalue weighted by Crippen LogP contribution is 2.02. The lowest BCUT2D eigenvalue weighted by Gasteiger charge is -1.93. The number of carbonyl (C=O) groups is 1. The van der Waals surface area contributed by atoms with Crippen LogP contribution >= 0.6 is 0 Å². The molecule has 0 aromatic rings. The maximum atomic E-state index is 10.6. The van der Waals surface area contributed by atoms with Gasteiger partial charge in [-0.2, -0.15) is 0 Å². The Bertz CT molecular complexity index is 139. The minimum absolute atomic E-state index is 0.259. The lowest BCUT2D eigenvalue weighted by Crippen LogP contribution is -1.93. The fourth-order valence-electron chi connectivity index (χ4n) is 0.937. The molecule has 0 radical (unpaired) electrons. The molecule has 0 bridgehead atoms. The van der Waals surface area contributed by atoms with Crippen LogP contribution in [0.3, 0.4) is 0 Å². The summed E-state index contributed by atoms with van der Waals surface area (Å²) in [6, 6.07) is 0. The largest absolute Gasteiger partial charge is 0.466 e. The van der Waals surface area contributed by atoms with E-state index in [-0.39, 0.29) is 5.97 Å². The summed E-state index contributed by atoms with van der Waals surface area (Å²) in [4.78, 5) is 10.6. The number of hydrogen-bond acceptors (Lipinski definition) is 2. The van der Waals surface area contributed by atoms with Gasteiger partial charge in [0, 0.05) is 6.08 Å². The van der Waals surface area contributed by atoms with Crippen LogP contribution < -0.4 is 0 Å². The first-order chi connectivity index (χ1) is 5.81. The van der Waals surface area contributed by atoms with Gasteiger partial charge < -0.3 is 4.74 Å². The van der Waals surface area contributed by atoms with Crippen molar-refractivity contribution in [1.29, 1.82) is 0 Å². The molecule has 0 spiro atoms. The Morgan fingerprint density at radius 2 is 2.08 bits per heavy atom. The van der Waals surface area contributed by atoms with Crippen LogP contribution in [0.4, 0.5) is 0 Å². The third-order valence-electron chi connectivity index (χ3n) is 1.68. The maximum Gasteiger partial charge on any atom is 0.330 e. The second-order valence-corrected chi connectivity index (χ2v) is 2.77. The van der Waals surface area contributed by atoms with Gasteiger partial charge in [-0.3, -0.25) is 0 Å². The molecule has 0 amide bonds. The number of rotatable bonds is 6. The lowest BCUT2D eigenvalue weighted by molar-refractivity contribution is -0.134. The summed E-state index contributed by atoms with van der Waals surface area (Å²) < 4.78 is 4.45. The van der Waals surface area contributed by atoms with Gasteiger partial charge >= 0.3 is 5.97 Å². The number of carbonyl (C=O) groups excluding carboxylic acids is 1. The van der Waals surface area contributed by atoms with Crippen LogP contribution in [0.15, 0.2) is 12.2 Å². The van der Waals surface area contributed by atoms with Gasteiger partial charge in [0.1, 0.15) is 0 Å². The first-order valence-corrected chi connectivity index (χ1v) is 4.55. The van der Waals surface area contributed by atoms with Gasteiger partial charge in [-0.15, -0.1) is 0 Å². The molecule has 0 aromatic carbocycles. The van der Waals surface area contributed by atoms with E-state index in [1.165, 1.54) is 38.9 Å². The molecule has 0 unspecified atom stereocenters. The van der Waals surface area contributed by atoms with Gasteiger partial charge in [-0.05, 0) is 12.8 Å². The molecular weight excluding hydrogens is 153 g/mol. The smallest absolute Gasteiger partial charge is 0.330 e. The summed E-state index contributed by atoms with van der Waals surface area (Å²) in [5, 5.41) is 0. The second-order valence-electron chi connectivity index (χ2n) is 2.77. The van der Waals surface area contributed by atoms with Gasteiger partial charge in [0.05, 0.1) is 7.11 Å². The monoisotopic (exact) mass is 171 g/mol. The van der Waals surface area contributed by atoms with E-state index in [1.54, 1.807) is 0 Å². The third kappa shape index (κ3) is 7.32. The first kappa shape index (κ1) is 11.2. The molecule has 0 heterocycles. The Labute approximate surface area is 74.6 Å². The molecule has 0 saturated carbocycles. The van der Waals surface area contributed by atoms with Crippen molar-refractivity contribution < 1.29 is 9.53 Å². The van der Waals surface area contributed by atoms with E-state index in [0.717, 1.165) is 6.42 Å². The summed E-state index contributed by atoms with van der Waals surface area (Å²) >= 11 is 0. The number of allylic oxidation sites excluding steroid dienone is 1. The minimum atomic E-state index is -0.259. The van der Waals surface area contributed by atoms with E-state index in [0.29, 0.717) is 0 Å². The molecule has 0 aliphatic carbocycles. The van der Waals surface area contributed by atoms with Crippen LogP contribution in [0.1, 0.15) is 39.0 Å². The molecule has 2 nitrogen and oxygen atoms in total. The van der Waals surface area contributed by atoms with Gasteiger partial charge in [0.25, 0.3) is 0 Å². The van der Waals surface area contributed by atoms with Crippen molar-refractivity contribution in [3.05, 3.63) is 12.2 Å². The van der Waals surface area contributed by atoms with Crippen LogP contribution in [-0.4, -0.2) is 13.1 Å². The molecule has 0 aliphatic rings. The summed E-state index contributed by atoms with van der Waals surface area (Å²) in [6.07, 6.45) is 9.30. The molecule has 70 valence electrons. The summed E-state index contributed by atoms with van der Waals surface area (Å²) in [5.41, 5.74) is 0. The predicted octanol–water partition coefficient (Wildman–Crippen LogP) is 2.69. The third-order valence-corrected chi connectivity index (χ3v) is 1.68. The van der Waals surface area contributed by atoms with Crippen LogP contribution in [0.2, 0.25) is 0 Å². The molecule has 0 fully saturated rings. The van der Waals surface area contributed by atoms with Gasteiger partial charge in [-0.1, -0.05) is 32.3 Å². The maximum absolute atomic E-state index is 10.6. The van der Waals surface area contributed by atoms with Crippen LogP contribution in [0, 0.1) is 0 Å². The second kappa shape index (κ2) is 8.31. The fourth-order valence-corrected chi connectivity index (χ4v) is 0.937. The normalized spacial score (nSPS) is 10.5. The zero-order valence-electron chi connectivity index (χ0n) is 8.01. The number of esters is 1. The molecular formula is C10H18O2. The summed E-state index contributed by atoms with van der Waals surface area (Å²) in [7, 11) is 1.39. The Hall–Kier alpha value is -0.790. The van der Waals surface area contributed by atoms with E-state index >= 15 is 0 Å². The highest BCUT2D eigenvalue weighted by Gasteiger charge is 1.89. The Kier molecular flexibility index (Phi) is 7.76. The molecule has 0 rings (SSSR count). The predicted molar refractivity (Wildman–Crippen MR) is 49.9 cm³/mol. The number of ether oxygens (including phenoxy) is 1. The van der Waals surface area contributed by atoms with Gasteiger partial charge in [0.2, 0.25) is 0 Å². The van der Waals surface area contributed by atoms with Crippen LogP contribution in [0.5, 0.6) is 0 Å². The zero-order chi connectivity index (χ0) is 9.23. The van der Waals surface area contributed by atoms with Gasteiger partial charge in [0.15, 0.2) is 0 Å². The molecule has 0 saturated heterocycles. The zero-order valence-corrected chi connectivity index (χ0v) is 8.01. The van der Waals surface area contributed by atoms with Crippen molar-refractivity contribution in [1.82, 2.24) is 0 Å². The Morgan fingerprint density at radius 3 is 2.67 bits per heavy atom. The van der Waals surface area contributed by atoms with Gasteiger partial charge in [-0.25, -0.2) is 4.79 Å². The van der Waals surface area contributed by atoms with Crippen molar-refractivity contribution in [2.75, 3.05) is 7.11 Å². The summed E-state index contributed by atoms with van der Waals surface area (Å²) in [6.45, 7) is 2.18. The van der Waals surface area contributed by atoms with Crippen LogP contribution in [0.25, 0.3) is 0 Å². The van der Waals surface area contributed by atoms with Crippen molar-refractivity contribution in [3.8, 4) is 0 Å². The highest BCUT2D eigenvalue weighted by atomic mass is 16.6.